The van der Waals surface area contributed by atoms with Crippen molar-refractivity contribution < 1.29 is 0 Å². The van der Waals surface area contributed by atoms with Crippen LogP contribution in [0.25, 0.3) is 0 Å². The van der Waals surface area contributed by atoms with Crippen LogP contribution in [0.15, 0.2) is 12.4 Å². The molecule has 2 rings (SSSR count). The quantitative estimate of drug-likeness (QED) is 0.776. The zero-order valence-corrected chi connectivity index (χ0v) is 12.2. The molecule has 0 bridgehead atoms. The molecule has 0 unspecified atom stereocenters. The van der Waals surface area contributed by atoms with Crippen molar-refractivity contribution in [3.8, 4) is 0 Å². The maximum absolute atomic E-state index is 4.28. The van der Waals surface area contributed by atoms with Gasteiger partial charge >= 0.3 is 0 Å². The molecule has 1 aromatic rings. The lowest BCUT2D eigenvalue weighted by molar-refractivity contribution is 0.389. The van der Waals surface area contributed by atoms with E-state index in [9.17, 15) is 0 Å². The highest BCUT2D eigenvalue weighted by molar-refractivity contribution is 5.47. The number of anilines is 2. The van der Waals surface area contributed by atoms with Crippen molar-refractivity contribution in [2.24, 2.45) is 5.92 Å². The number of aromatic nitrogens is 2. The van der Waals surface area contributed by atoms with Gasteiger partial charge in [0.2, 0.25) is 0 Å². The molecule has 0 saturated carbocycles. The number of hydrogen-bond acceptors (Lipinski definition) is 5. The van der Waals surface area contributed by atoms with Gasteiger partial charge in [0.05, 0.1) is 0 Å². The molecule has 1 aliphatic rings. The van der Waals surface area contributed by atoms with Gasteiger partial charge in [0, 0.05) is 18.2 Å². The highest BCUT2D eigenvalue weighted by atomic mass is 15.1. The molecule has 2 heterocycles. The third-order valence-corrected chi connectivity index (χ3v) is 3.20. The summed E-state index contributed by atoms with van der Waals surface area (Å²) in [5.41, 5.74) is 0.0145. The smallest absolute Gasteiger partial charge is 0.131 e. The van der Waals surface area contributed by atoms with Crippen molar-refractivity contribution in [1.29, 1.82) is 0 Å². The number of hydrogen-bond donors (Lipinski definition) is 3. The Morgan fingerprint density at radius 3 is 2.58 bits per heavy atom. The number of nitrogens with one attached hydrogen (secondary N) is 3. The molecule has 1 aliphatic heterocycles. The van der Waals surface area contributed by atoms with E-state index in [2.05, 4.69) is 46.7 Å². The standard InChI is InChI=1S/C14H25N5/c1-14(2,3)19-13-8-12(17-10-18-13)16-9-11-4-6-15-7-5-11/h8,10-11,15H,4-7,9H2,1-3H3,(H2,16,17,18,19). The number of rotatable bonds is 4. The van der Waals surface area contributed by atoms with Gasteiger partial charge in [-0.2, -0.15) is 0 Å². The van der Waals surface area contributed by atoms with E-state index >= 15 is 0 Å². The van der Waals surface area contributed by atoms with E-state index in [4.69, 9.17) is 0 Å². The zero-order valence-electron chi connectivity index (χ0n) is 12.2. The molecule has 0 spiro atoms. The molecule has 1 aromatic heterocycles. The Kier molecular flexibility index (Phi) is 4.58. The molecule has 19 heavy (non-hydrogen) atoms. The first-order valence-corrected chi connectivity index (χ1v) is 7.08. The van der Waals surface area contributed by atoms with Crippen LogP contribution in [0.4, 0.5) is 11.6 Å². The van der Waals surface area contributed by atoms with E-state index in [1.165, 1.54) is 12.8 Å². The molecule has 3 N–H and O–H groups in total. The molecule has 0 atom stereocenters. The van der Waals surface area contributed by atoms with Gasteiger partial charge in [-0.3, -0.25) is 0 Å². The van der Waals surface area contributed by atoms with Crippen molar-refractivity contribution in [2.75, 3.05) is 30.3 Å². The second-order valence-corrected chi connectivity index (χ2v) is 6.24. The molecular formula is C14H25N5. The summed E-state index contributed by atoms with van der Waals surface area (Å²) in [5.74, 6) is 2.52. The Labute approximate surface area is 115 Å². The van der Waals surface area contributed by atoms with Gasteiger partial charge in [-0.05, 0) is 52.6 Å². The van der Waals surface area contributed by atoms with E-state index in [1.807, 2.05) is 6.07 Å². The minimum Gasteiger partial charge on any atom is -0.370 e. The predicted molar refractivity (Wildman–Crippen MR) is 79.5 cm³/mol. The first-order chi connectivity index (χ1) is 9.03. The largest absolute Gasteiger partial charge is 0.370 e. The first-order valence-electron chi connectivity index (χ1n) is 7.08. The summed E-state index contributed by atoms with van der Waals surface area (Å²) in [7, 11) is 0. The van der Waals surface area contributed by atoms with Crippen molar-refractivity contribution in [3.63, 3.8) is 0 Å². The van der Waals surface area contributed by atoms with Crippen LogP contribution in [-0.2, 0) is 0 Å². The molecular weight excluding hydrogens is 238 g/mol. The fraction of sp³-hybridized carbons (Fsp3) is 0.714. The maximum atomic E-state index is 4.28. The van der Waals surface area contributed by atoms with Crippen molar-refractivity contribution >= 4 is 11.6 Å². The van der Waals surface area contributed by atoms with Gasteiger partial charge < -0.3 is 16.0 Å². The Morgan fingerprint density at radius 2 is 1.89 bits per heavy atom. The summed E-state index contributed by atoms with van der Waals surface area (Å²) >= 11 is 0. The van der Waals surface area contributed by atoms with Crippen LogP contribution in [-0.4, -0.2) is 35.1 Å². The van der Waals surface area contributed by atoms with E-state index in [1.54, 1.807) is 6.33 Å². The highest BCUT2D eigenvalue weighted by Gasteiger charge is 2.13. The predicted octanol–water partition coefficient (Wildman–Crippen LogP) is 2.10. The van der Waals surface area contributed by atoms with Crippen LogP contribution in [0.1, 0.15) is 33.6 Å². The average molecular weight is 263 g/mol. The normalized spacial score (nSPS) is 17.2. The minimum absolute atomic E-state index is 0.0145. The lowest BCUT2D eigenvalue weighted by Gasteiger charge is -2.23. The van der Waals surface area contributed by atoms with Crippen molar-refractivity contribution in [1.82, 2.24) is 15.3 Å². The molecule has 0 aliphatic carbocycles. The van der Waals surface area contributed by atoms with Crippen LogP contribution in [0, 0.1) is 5.92 Å². The summed E-state index contributed by atoms with van der Waals surface area (Å²) in [6, 6.07) is 1.98. The molecule has 0 aromatic carbocycles. The maximum Gasteiger partial charge on any atom is 0.131 e. The molecule has 5 heteroatoms. The van der Waals surface area contributed by atoms with Gasteiger partial charge in [0.1, 0.15) is 18.0 Å². The molecule has 1 fully saturated rings. The molecule has 0 radical (unpaired) electrons. The third-order valence-electron chi connectivity index (χ3n) is 3.20. The van der Waals surface area contributed by atoms with Crippen molar-refractivity contribution in [3.05, 3.63) is 12.4 Å². The average Bonchev–Trinajstić information content (AvgIpc) is 2.36. The Bertz CT molecular complexity index is 393. The van der Waals surface area contributed by atoms with Crippen LogP contribution < -0.4 is 16.0 Å². The van der Waals surface area contributed by atoms with Gasteiger partial charge in [0.25, 0.3) is 0 Å². The van der Waals surface area contributed by atoms with Gasteiger partial charge in [-0.25, -0.2) is 9.97 Å². The van der Waals surface area contributed by atoms with Crippen LogP contribution in [0.3, 0.4) is 0 Å². The monoisotopic (exact) mass is 263 g/mol. The van der Waals surface area contributed by atoms with Gasteiger partial charge in [0.15, 0.2) is 0 Å². The summed E-state index contributed by atoms with van der Waals surface area (Å²) < 4.78 is 0. The first kappa shape index (κ1) is 14.1. The lowest BCUT2D eigenvalue weighted by atomic mass is 9.98. The molecule has 106 valence electrons. The second-order valence-electron chi connectivity index (χ2n) is 6.24. The Balaban J connectivity index is 1.87. The zero-order chi connectivity index (χ0) is 13.7. The van der Waals surface area contributed by atoms with Crippen LogP contribution in [0.5, 0.6) is 0 Å². The SMILES string of the molecule is CC(C)(C)Nc1cc(NCC2CCNCC2)ncn1. The Morgan fingerprint density at radius 1 is 1.21 bits per heavy atom. The van der Waals surface area contributed by atoms with E-state index < -0.39 is 0 Å². The topological polar surface area (TPSA) is 61.9 Å². The molecule has 1 saturated heterocycles. The van der Waals surface area contributed by atoms with Crippen LogP contribution in [0.2, 0.25) is 0 Å². The number of piperidine rings is 1. The molecule has 5 nitrogen and oxygen atoms in total. The van der Waals surface area contributed by atoms with Crippen LogP contribution >= 0.6 is 0 Å². The second kappa shape index (κ2) is 6.19. The highest BCUT2D eigenvalue weighted by Crippen LogP contribution is 2.16. The summed E-state index contributed by atoms with van der Waals surface area (Å²) in [6.07, 6.45) is 4.09. The third kappa shape index (κ3) is 5.03. The fourth-order valence-electron chi connectivity index (χ4n) is 2.24. The van der Waals surface area contributed by atoms with E-state index in [-0.39, 0.29) is 5.54 Å². The Hall–Kier alpha value is -1.36. The van der Waals surface area contributed by atoms with E-state index in [0.29, 0.717) is 0 Å². The summed E-state index contributed by atoms with van der Waals surface area (Å²) in [5, 5.41) is 10.2. The fourth-order valence-corrected chi connectivity index (χ4v) is 2.24. The van der Waals surface area contributed by atoms with Gasteiger partial charge in [-0.15, -0.1) is 0 Å². The van der Waals surface area contributed by atoms with Crippen molar-refractivity contribution in [2.45, 2.75) is 39.2 Å². The lowest BCUT2D eigenvalue weighted by Crippen LogP contribution is -2.31. The molecule has 0 amide bonds. The van der Waals surface area contributed by atoms with Gasteiger partial charge in [-0.1, -0.05) is 0 Å². The number of nitrogens with zero attached hydrogens (tertiary/aromatic N) is 2. The van der Waals surface area contributed by atoms with E-state index in [0.717, 1.165) is 37.2 Å². The minimum atomic E-state index is 0.0145. The summed E-state index contributed by atoms with van der Waals surface area (Å²) in [6.45, 7) is 9.62. The summed E-state index contributed by atoms with van der Waals surface area (Å²) in [4.78, 5) is 8.52.